The molecule has 4 nitrogen and oxygen atoms in total. The average molecular weight is 251 g/mol. The van der Waals surface area contributed by atoms with E-state index in [1.54, 1.807) is 12.1 Å². The number of nitrogens with one attached hydrogen (secondary N) is 1. The van der Waals surface area contributed by atoms with Crippen LogP contribution in [0.15, 0.2) is 36.5 Å². The number of pyridine rings is 1. The molecule has 1 N–H and O–H groups in total. The molecule has 1 heterocycles. The van der Waals surface area contributed by atoms with Gasteiger partial charge in [-0.2, -0.15) is 5.26 Å². The minimum atomic E-state index is -0.279. The summed E-state index contributed by atoms with van der Waals surface area (Å²) in [4.78, 5) is 16.0. The highest BCUT2D eigenvalue weighted by Gasteiger charge is 2.09. The quantitative estimate of drug-likeness (QED) is 0.892. The van der Waals surface area contributed by atoms with Gasteiger partial charge in [-0.25, -0.2) is 4.98 Å². The van der Waals surface area contributed by atoms with Gasteiger partial charge in [-0.1, -0.05) is 12.1 Å². The second-order valence-corrected chi connectivity index (χ2v) is 4.25. The van der Waals surface area contributed by atoms with Crippen LogP contribution in [0.5, 0.6) is 0 Å². The maximum Gasteiger partial charge on any atom is 0.274 e. The van der Waals surface area contributed by atoms with E-state index in [2.05, 4.69) is 10.3 Å². The van der Waals surface area contributed by atoms with Crippen molar-refractivity contribution in [3.63, 3.8) is 0 Å². The van der Waals surface area contributed by atoms with Gasteiger partial charge in [0.15, 0.2) is 0 Å². The first kappa shape index (κ1) is 12.8. The summed E-state index contributed by atoms with van der Waals surface area (Å²) in [5.41, 5.74) is 3.65. The molecular weight excluding hydrogens is 238 g/mol. The van der Waals surface area contributed by atoms with E-state index in [9.17, 15) is 4.79 Å². The molecule has 2 aromatic rings. The molecule has 0 aliphatic rings. The van der Waals surface area contributed by atoms with Gasteiger partial charge in [0, 0.05) is 11.9 Å². The summed E-state index contributed by atoms with van der Waals surface area (Å²) >= 11 is 0. The normalized spacial score (nSPS) is 9.74. The summed E-state index contributed by atoms with van der Waals surface area (Å²) in [5.74, 6) is -0.279. The molecule has 1 amide bonds. The Kier molecular flexibility index (Phi) is 3.58. The zero-order valence-corrected chi connectivity index (χ0v) is 10.8. The number of aryl methyl sites for hydroxylation is 1. The molecule has 0 bridgehead atoms. The van der Waals surface area contributed by atoms with Gasteiger partial charge in [0.2, 0.25) is 0 Å². The molecule has 0 aliphatic carbocycles. The second-order valence-electron chi connectivity index (χ2n) is 4.25. The second kappa shape index (κ2) is 5.32. The zero-order valence-electron chi connectivity index (χ0n) is 10.8. The number of benzene rings is 1. The number of rotatable bonds is 2. The van der Waals surface area contributed by atoms with Crippen molar-refractivity contribution < 1.29 is 4.79 Å². The first-order valence-electron chi connectivity index (χ1n) is 5.85. The molecule has 19 heavy (non-hydrogen) atoms. The van der Waals surface area contributed by atoms with Crippen LogP contribution in [0.2, 0.25) is 0 Å². The zero-order chi connectivity index (χ0) is 13.8. The highest BCUT2D eigenvalue weighted by molar-refractivity contribution is 6.03. The van der Waals surface area contributed by atoms with Crippen molar-refractivity contribution in [1.82, 2.24) is 4.98 Å². The van der Waals surface area contributed by atoms with E-state index < -0.39 is 0 Å². The smallest absolute Gasteiger partial charge is 0.274 e. The van der Waals surface area contributed by atoms with Gasteiger partial charge in [-0.15, -0.1) is 0 Å². The Hall–Kier alpha value is -2.67. The van der Waals surface area contributed by atoms with Crippen molar-refractivity contribution in [2.45, 2.75) is 13.8 Å². The number of hydrogen-bond donors (Lipinski definition) is 1. The number of carbonyl (C=O) groups excluding carboxylic acids is 1. The molecule has 0 unspecified atom stereocenters. The van der Waals surface area contributed by atoms with Gasteiger partial charge in [0.1, 0.15) is 11.8 Å². The number of aromatic nitrogens is 1. The summed E-state index contributed by atoms with van der Waals surface area (Å²) in [6.07, 6.45) is 1.39. The van der Waals surface area contributed by atoms with Crippen molar-refractivity contribution in [3.8, 4) is 6.07 Å². The third-order valence-electron chi connectivity index (χ3n) is 2.98. The number of amides is 1. The van der Waals surface area contributed by atoms with Gasteiger partial charge >= 0.3 is 0 Å². The third-order valence-corrected chi connectivity index (χ3v) is 2.98. The van der Waals surface area contributed by atoms with Gasteiger partial charge in [-0.3, -0.25) is 4.79 Å². The summed E-state index contributed by atoms with van der Waals surface area (Å²) in [5, 5.41) is 11.5. The van der Waals surface area contributed by atoms with E-state index in [0.29, 0.717) is 11.3 Å². The van der Waals surface area contributed by atoms with Crippen molar-refractivity contribution in [1.29, 1.82) is 5.26 Å². The van der Waals surface area contributed by atoms with Crippen LogP contribution >= 0.6 is 0 Å². The fourth-order valence-corrected chi connectivity index (χ4v) is 1.67. The number of hydrogen-bond acceptors (Lipinski definition) is 3. The molecule has 1 aromatic heterocycles. The van der Waals surface area contributed by atoms with Crippen molar-refractivity contribution in [2.75, 3.05) is 5.32 Å². The number of nitrogens with zero attached hydrogens (tertiary/aromatic N) is 2. The number of carbonyl (C=O) groups is 1. The molecule has 0 aliphatic heterocycles. The van der Waals surface area contributed by atoms with E-state index in [-0.39, 0.29) is 5.91 Å². The lowest BCUT2D eigenvalue weighted by Crippen LogP contribution is -2.14. The van der Waals surface area contributed by atoms with Gasteiger partial charge in [0.05, 0.1) is 5.56 Å². The summed E-state index contributed by atoms with van der Waals surface area (Å²) in [6.45, 7) is 3.95. The lowest BCUT2D eigenvalue weighted by molar-refractivity contribution is 0.102. The molecule has 0 saturated heterocycles. The predicted molar refractivity (Wildman–Crippen MR) is 72.8 cm³/mol. The number of nitriles is 1. The van der Waals surface area contributed by atoms with Crippen LogP contribution in [0.1, 0.15) is 27.2 Å². The fraction of sp³-hybridized carbons (Fsp3) is 0.133. The molecule has 0 fully saturated rings. The van der Waals surface area contributed by atoms with Crippen LogP contribution in [0, 0.1) is 25.2 Å². The van der Waals surface area contributed by atoms with Gasteiger partial charge < -0.3 is 5.32 Å². The lowest BCUT2D eigenvalue weighted by atomic mass is 10.1. The summed E-state index contributed by atoms with van der Waals surface area (Å²) in [6, 6.07) is 10.8. The third kappa shape index (κ3) is 2.78. The monoisotopic (exact) mass is 251 g/mol. The van der Waals surface area contributed by atoms with E-state index >= 15 is 0 Å². The van der Waals surface area contributed by atoms with Crippen LogP contribution in [0.3, 0.4) is 0 Å². The fourth-order valence-electron chi connectivity index (χ4n) is 1.67. The minimum Gasteiger partial charge on any atom is -0.320 e. The Morgan fingerprint density at radius 2 is 2.05 bits per heavy atom. The Balaban J connectivity index is 2.21. The van der Waals surface area contributed by atoms with Crippen LogP contribution in [0.25, 0.3) is 0 Å². The Bertz CT molecular complexity index is 654. The predicted octanol–water partition coefficient (Wildman–Crippen LogP) is 2.82. The standard InChI is InChI=1S/C15H13N3O/c1-10-4-3-5-13(11(10)2)18-15(19)14-7-6-12(8-16)9-17-14/h3-7,9H,1-2H3,(H,18,19). The minimum absolute atomic E-state index is 0.279. The highest BCUT2D eigenvalue weighted by Crippen LogP contribution is 2.18. The molecule has 0 spiro atoms. The van der Waals surface area contributed by atoms with Crippen LogP contribution in [-0.4, -0.2) is 10.9 Å². The van der Waals surface area contributed by atoms with Crippen LogP contribution in [0.4, 0.5) is 5.69 Å². The van der Waals surface area contributed by atoms with Crippen molar-refractivity contribution in [2.24, 2.45) is 0 Å². The lowest BCUT2D eigenvalue weighted by Gasteiger charge is -2.09. The molecule has 94 valence electrons. The summed E-state index contributed by atoms with van der Waals surface area (Å²) < 4.78 is 0. The molecule has 0 radical (unpaired) electrons. The summed E-state index contributed by atoms with van der Waals surface area (Å²) in [7, 11) is 0. The van der Waals surface area contributed by atoms with Gasteiger partial charge in [-0.05, 0) is 43.2 Å². The topological polar surface area (TPSA) is 65.8 Å². The van der Waals surface area contributed by atoms with Crippen molar-refractivity contribution in [3.05, 3.63) is 58.9 Å². The molecule has 4 heteroatoms. The maximum absolute atomic E-state index is 12.0. The Morgan fingerprint density at radius 1 is 1.26 bits per heavy atom. The van der Waals surface area contributed by atoms with E-state index in [4.69, 9.17) is 5.26 Å². The van der Waals surface area contributed by atoms with Crippen LogP contribution in [-0.2, 0) is 0 Å². The molecule has 2 rings (SSSR count). The molecular formula is C15H13N3O. The average Bonchev–Trinajstić information content (AvgIpc) is 2.44. The van der Waals surface area contributed by atoms with E-state index in [1.165, 1.54) is 6.20 Å². The van der Waals surface area contributed by atoms with Gasteiger partial charge in [0.25, 0.3) is 5.91 Å². The highest BCUT2D eigenvalue weighted by atomic mass is 16.1. The van der Waals surface area contributed by atoms with E-state index in [0.717, 1.165) is 16.8 Å². The first-order valence-corrected chi connectivity index (χ1v) is 5.85. The number of anilines is 1. The maximum atomic E-state index is 12.0. The Morgan fingerprint density at radius 3 is 2.68 bits per heavy atom. The van der Waals surface area contributed by atoms with E-state index in [1.807, 2.05) is 38.1 Å². The largest absolute Gasteiger partial charge is 0.320 e. The van der Waals surface area contributed by atoms with Crippen molar-refractivity contribution >= 4 is 11.6 Å². The molecule has 0 atom stereocenters. The first-order chi connectivity index (χ1) is 9.11. The van der Waals surface area contributed by atoms with Crippen LogP contribution < -0.4 is 5.32 Å². The molecule has 1 aromatic carbocycles. The molecule has 0 saturated carbocycles. The SMILES string of the molecule is Cc1cccc(NC(=O)c2ccc(C#N)cn2)c1C. The Labute approximate surface area is 111 Å².